The van der Waals surface area contributed by atoms with Gasteiger partial charge in [-0.25, -0.2) is 4.99 Å². The lowest BCUT2D eigenvalue weighted by molar-refractivity contribution is 0.414. The maximum Gasteiger partial charge on any atom is 0.271 e. The van der Waals surface area contributed by atoms with Crippen LogP contribution < -0.4 is 19.6 Å². The van der Waals surface area contributed by atoms with Gasteiger partial charge in [0.2, 0.25) is 0 Å². The summed E-state index contributed by atoms with van der Waals surface area (Å²) in [6.07, 6.45) is 3.84. The van der Waals surface area contributed by atoms with Crippen LogP contribution in [0.15, 0.2) is 125 Å². The van der Waals surface area contributed by atoms with E-state index in [2.05, 4.69) is 109 Å². The monoisotopic (exact) mass is 619 g/mol. The molecule has 6 heteroatoms. The number of aromatic nitrogens is 2. The quantitative estimate of drug-likeness (QED) is 0.202. The van der Waals surface area contributed by atoms with Crippen molar-refractivity contribution in [1.82, 2.24) is 9.13 Å². The van der Waals surface area contributed by atoms with Crippen LogP contribution in [0, 0.1) is 13.8 Å². The second-order valence-corrected chi connectivity index (χ2v) is 13.0. The highest BCUT2D eigenvalue weighted by Gasteiger charge is 2.32. The van der Waals surface area contributed by atoms with Gasteiger partial charge in [0, 0.05) is 22.6 Å². The third-order valence-corrected chi connectivity index (χ3v) is 10.3. The number of nitrogens with zero attached hydrogens (tertiary/aromatic N) is 3. The lowest BCUT2D eigenvalue weighted by Gasteiger charge is -2.30. The molecule has 6 aromatic rings. The van der Waals surface area contributed by atoms with Crippen molar-refractivity contribution in [2.45, 2.75) is 32.7 Å². The summed E-state index contributed by atoms with van der Waals surface area (Å²) in [5.74, 6) is 0.796. The van der Waals surface area contributed by atoms with Crippen LogP contribution >= 0.6 is 11.3 Å². The minimum Gasteiger partial charge on any atom is -0.497 e. The Morgan fingerprint density at radius 2 is 1.57 bits per heavy atom. The predicted molar refractivity (Wildman–Crippen MR) is 186 cm³/mol. The van der Waals surface area contributed by atoms with Gasteiger partial charge in [-0.2, -0.15) is 0 Å². The van der Waals surface area contributed by atoms with Crippen molar-refractivity contribution in [2.24, 2.45) is 4.99 Å². The van der Waals surface area contributed by atoms with Crippen molar-refractivity contribution in [3.63, 3.8) is 0 Å². The average molecular weight is 620 g/mol. The van der Waals surface area contributed by atoms with Crippen molar-refractivity contribution in [1.29, 1.82) is 0 Å². The molecule has 226 valence electrons. The maximum absolute atomic E-state index is 14.3. The van der Waals surface area contributed by atoms with Crippen molar-refractivity contribution in [2.75, 3.05) is 7.11 Å². The van der Waals surface area contributed by atoms with Crippen LogP contribution in [-0.2, 0) is 6.42 Å². The maximum atomic E-state index is 14.3. The van der Waals surface area contributed by atoms with Gasteiger partial charge in [0.1, 0.15) is 5.75 Å². The molecule has 0 saturated heterocycles. The Morgan fingerprint density at radius 3 is 2.33 bits per heavy atom. The highest BCUT2D eigenvalue weighted by atomic mass is 32.1. The van der Waals surface area contributed by atoms with E-state index >= 15 is 0 Å². The average Bonchev–Trinajstić information content (AvgIpc) is 3.57. The molecule has 1 atom stereocenters. The summed E-state index contributed by atoms with van der Waals surface area (Å²) in [6, 6.07) is 37.7. The first-order valence-corrected chi connectivity index (χ1v) is 16.4. The van der Waals surface area contributed by atoms with Gasteiger partial charge in [0.25, 0.3) is 5.56 Å². The lowest BCUT2D eigenvalue weighted by Crippen LogP contribution is -2.38. The van der Waals surface area contributed by atoms with Gasteiger partial charge in [-0.05, 0) is 96.5 Å². The van der Waals surface area contributed by atoms with Crippen molar-refractivity contribution >= 4 is 23.1 Å². The second kappa shape index (κ2) is 11.3. The topological polar surface area (TPSA) is 48.5 Å². The Balaban J connectivity index is 1.25. The number of ether oxygens (including phenoxy) is 1. The summed E-state index contributed by atoms with van der Waals surface area (Å²) >= 11 is 1.47. The fourth-order valence-electron chi connectivity index (χ4n) is 7.01. The number of thiazole rings is 1. The molecule has 2 aromatic heterocycles. The molecule has 0 spiro atoms. The molecular formula is C40H33N3O2S. The molecular weight excluding hydrogens is 587 g/mol. The van der Waals surface area contributed by atoms with E-state index in [-0.39, 0.29) is 11.6 Å². The molecule has 0 N–H and O–H groups in total. The van der Waals surface area contributed by atoms with Crippen LogP contribution in [0.1, 0.15) is 46.1 Å². The summed E-state index contributed by atoms with van der Waals surface area (Å²) in [7, 11) is 1.67. The molecule has 0 unspecified atom stereocenters. The number of rotatable bonds is 5. The van der Waals surface area contributed by atoms with Gasteiger partial charge in [-0.15, -0.1) is 0 Å². The van der Waals surface area contributed by atoms with Gasteiger partial charge in [-0.1, -0.05) is 90.2 Å². The normalized spacial score (nSPS) is 15.6. The third-order valence-electron chi connectivity index (χ3n) is 9.29. The van der Waals surface area contributed by atoms with E-state index in [1.165, 1.54) is 39.2 Å². The van der Waals surface area contributed by atoms with E-state index in [0.29, 0.717) is 4.53 Å². The number of fused-ring (bicyclic) bond motifs is 3. The Hall–Kier alpha value is -5.20. The van der Waals surface area contributed by atoms with Crippen molar-refractivity contribution in [3.05, 3.63) is 168 Å². The molecule has 1 aliphatic carbocycles. The lowest BCUT2D eigenvalue weighted by atomic mass is 9.83. The largest absolute Gasteiger partial charge is 0.497 e. The molecule has 0 saturated carbocycles. The highest BCUT2D eigenvalue weighted by Crippen LogP contribution is 2.41. The van der Waals surface area contributed by atoms with Gasteiger partial charge >= 0.3 is 0 Å². The van der Waals surface area contributed by atoms with E-state index in [0.717, 1.165) is 57.3 Å². The number of methoxy groups -OCH3 is 1. The summed E-state index contributed by atoms with van der Waals surface area (Å²) in [5, 5.41) is 0. The van der Waals surface area contributed by atoms with E-state index < -0.39 is 0 Å². The standard InChI is InChI=1S/C40H33N3O2S/c1-25-23-31(26(2)42(25)32-18-13-28(14-19-32)27-9-5-4-6-10-27)24-36-39(44)43-38(30-15-20-33(45-3)21-16-30)35-22-17-29-11-7-8-12-34(29)37(35)41-40(43)46-36/h4-16,18-21,23-24,38H,17,22H2,1-3H3/b36-24-/t38-/m0/s1. The zero-order valence-corrected chi connectivity index (χ0v) is 26.8. The van der Waals surface area contributed by atoms with E-state index in [1.54, 1.807) is 7.11 Å². The molecule has 1 aliphatic heterocycles. The molecule has 3 heterocycles. The summed E-state index contributed by atoms with van der Waals surface area (Å²) in [4.78, 5) is 20.2. The Bertz CT molecular complexity index is 2320. The summed E-state index contributed by atoms with van der Waals surface area (Å²) in [5.41, 5.74) is 12.5. The summed E-state index contributed by atoms with van der Waals surface area (Å²) < 4.78 is 10.3. The van der Waals surface area contributed by atoms with E-state index in [4.69, 9.17) is 9.73 Å². The van der Waals surface area contributed by atoms with Crippen molar-refractivity contribution in [3.8, 4) is 22.6 Å². The first-order valence-electron chi connectivity index (χ1n) is 15.6. The van der Waals surface area contributed by atoms with Crippen LogP contribution in [-0.4, -0.2) is 16.2 Å². The fraction of sp³-hybridized carbons (Fsp3) is 0.150. The predicted octanol–water partition coefficient (Wildman–Crippen LogP) is 7.40. The SMILES string of the molecule is COc1ccc([C@H]2C3=C(N=c4s/c(=C\c5cc(C)n(-c6ccc(-c7ccccc7)cc6)c5C)c(=O)n42)c2ccccc2CC3)cc1. The van der Waals surface area contributed by atoms with Gasteiger partial charge in [0.15, 0.2) is 4.80 Å². The van der Waals surface area contributed by atoms with Crippen LogP contribution in [0.5, 0.6) is 5.75 Å². The Morgan fingerprint density at radius 1 is 0.848 bits per heavy atom. The van der Waals surface area contributed by atoms with Gasteiger partial charge < -0.3 is 9.30 Å². The highest BCUT2D eigenvalue weighted by molar-refractivity contribution is 7.07. The van der Waals surface area contributed by atoms with E-state index in [9.17, 15) is 4.79 Å². The molecule has 2 aliphatic rings. The van der Waals surface area contributed by atoms with Gasteiger partial charge in [0.05, 0.1) is 23.4 Å². The Labute approximate surface area is 271 Å². The molecule has 0 amide bonds. The molecule has 5 nitrogen and oxygen atoms in total. The van der Waals surface area contributed by atoms with Crippen LogP contribution in [0.4, 0.5) is 0 Å². The summed E-state index contributed by atoms with van der Waals surface area (Å²) in [6.45, 7) is 4.24. The Kier molecular flexibility index (Phi) is 6.95. The molecule has 4 aromatic carbocycles. The van der Waals surface area contributed by atoms with Crippen molar-refractivity contribution < 1.29 is 4.74 Å². The number of aryl methyl sites for hydroxylation is 2. The molecule has 0 fully saturated rings. The second-order valence-electron chi connectivity index (χ2n) is 12.0. The minimum atomic E-state index is -0.219. The van der Waals surface area contributed by atoms with Gasteiger partial charge in [-0.3, -0.25) is 9.36 Å². The first kappa shape index (κ1) is 28.3. The zero-order chi connectivity index (χ0) is 31.4. The third kappa shape index (κ3) is 4.68. The first-order chi connectivity index (χ1) is 22.5. The number of allylic oxidation sites excluding steroid dienone is 1. The van der Waals surface area contributed by atoms with Crippen LogP contribution in [0.3, 0.4) is 0 Å². The minimum absolute atomic E-state index is 0.00741. The fourth-order valence-corrected chi connectivity index (χ4v) is 8.01. The molecule has 8 rings (SSSR count). The van der Waals surface area contributed by atoms with Crippen LogP contribution in [0.2, 0.25) is 0 Å². The molecule has 0 bridgehead atoms. The number of hydrogen-bond acceptors (Lipinski definition) is 4. The number of benzene rings is 4. The smallest absolute Gasteiger partial charge is 0.271 e. The zero-order valence-electron chi connectivity index (χ0n) is 26.0. The van der Waals surface area contributed by atoms with E-state index in [1.807, 2.05) is 28.8 Å². The molecule has 46 heavy (non-hydrogen) atoms. The number of hydrogen-bond donors (Lipinski definition) is 0. The molecule has 0 radical (unpaired) electrons. The van der Waals surface area contributed by atoms with Crippen LogP contribution in [0.25, 0.3) is 28.6 Å².